The van der Waals surface area contributed by atoms with Gasteiger partial charge in [0.05, 0.1) is 6.54 Å². The SMILES string of the molecule is CCN(CC)C(=O)c1ccc(NC(=O)CN[C@H](C)c2ccc(F)c(F)c2)cc1. The highest BCUT2D eigenvalue weighted by Gasteiger charge is 2.13. The quantitative estimate of drug-likeness (QED) is 0.723. The van der Waals surface area contributed by atoms with E-state index in [-0.39, 0.29) is 24.4 Å². The second-order valence-electron chi connectivity index (χ2n) is 6.38. The molecule has 0 fully saturated rings. The molecule has 2 rings (SSSR count). The van der Waals surface area contributed by atoms with Crippen LogP contribution in [0.5, 0.6) is 0 Å². The Kier molecular flexibility index (Phi) is 7.63. The van der Waals surface area contributed by atoms with E-state index >= 15 is 0 Å². The van der Waals surface area contributed by atoms with E-state index in [4.69, 9.17) is 0 Å². The van der Waals surface area contributed by atoms with Gasteiger partial charge in [-0.25, -0.2) is 8.78 Å². The minimum absolute atomic E-state index is 0.000289. The summed E-state index contributed by atoms with van der Waals surface area (Å²) in [4.78, 5) is 26.1. The predicted octanol–water partition coefficient (Wildman–Crippen LogP) is 3.74. The van der Waals surface area contributed by atoms with Crippen molar-refractivity contribution >= 4 is 17.5 Å². The van der Waals surface area contributed by atoms with Gasteiger partial charge >= 0.3 is 0 Å². The van der Waals surface area contributed by atoms with Gasteiger partial charge in [0.15, 0.2) is 11.6 Å². The maximum absolute atomic E-state index is 13.3. The fourth-order valence-corrected chi connectivity index (χ4v) is 2.74. The number of carbonyl (C=O) groups excluding carboxylic acids is 2. The zero-order valence-corrected chi connectivity index (χ0v) is 16.3. The number of nitrogens with one attached hydrogen (secondary N) is 2. The Morgan fingerprint density at radius 2 is 1.64 bits per heavy atom. The van der Waals surface area contributed by atoms with Crippen LogP contribution >= 0.6 is 0 Å². The van der Waals surface area contributed by atoms with Gasteiger partial charge < -0.3 is 15.5 Å². The Bertz CT molecular complexity index is 821. The summed E-state index contributed by atoms with van der Waals surface area (Å²) in [5, 5.41) is 5.70. The van der Waals surface area contributed by atoms with Crippen molar-refractivity contribution in [3.63, 3.8) is 0 Å². The lowest BCUT2D eigenvalue weighted by atomic mass is 10.1. The number of hydrogen-bond donors (Lipinski definition) is 2. The molecule has 0 radical (unpaired) electrons. The van der Waals surface area contributed by atoms with Crippen molar-refractivity contribution in [2.75, 3.05) is 25.0 Å². The van der Waals surface area contributed by atoms with E-state index in [1.54, 1.807) is 36.1 Å². The third kappa shape index (κ3) is 5.60. The average Bonchev–Trinajstić information content (AvgIpc) is 2.69. The zero-order valence-electron chi connectivity index (χ0n) is 16.3. The lowest BCUT2D eigenvalue weighted by molar-refractivity contribution is -0.115. The van der Waals surface area contributed by atoms with Crippen LogP contribution in [0.15, 0.2) is 42.5 Å². The Hall–Kier alpha value is -2.80. The van der Waals surface area contributed by atoms with E-state index in [0.717, 1.165) is 12.1 Å². The first-order chi connectivity index (χ1) is 13.3. The molecule has 0 saturated heterocycles. The van der Waals surface area contributed by atoms with Crippen molar-refractivity contribution in [2.45, 2.75) is 26.8 Å². The number of hydrogen-bond acceptors (Lipinski definition) is 3. The molecule has 0 bridgehead atoms. The van der Waals surface area contributed by atoms with Gasteiger partial charge in [-0.05, 0) is 62.7 Å². The van der Waals surface area contributed by atoms with Crippen molar-refractivity contribution in [2.24, 2.45) is 0 Å². The Balaban J connectivity index is 1.88. The van der Waals surface area contributed by atoms with E-state index in [0.29, 0.717) is 29.9 Å². The summed E-state index contributed by atoms with van der Waals surface area (Å²) < 4.78 is 26.3. The van der Waals surface area contributed by atoms with Crippen LogP contribution in [0.3, 0.4) is 0 Å². The summed E-state index contributed by atoms with van der Waals surface area (Å²) in [7, 11) is 0. The summed E-state index contributed by atoms with van der Waals surface area (Å²) in [6.45, 7) is 6.87. The molecule has 150 valence electrons. The predicted molar refractivity (Wildman–Crippen MR) is 105 cm³/mol. The molecule has 1 atom stereocenters. The number of anilines is 1. The fourth-order valence-electron chi connectivity index (χ4n) is 2.74. The topological polar surface area (TPSA) is 61.4 Å². The first kappa shape index (κ1) is 21.5. The largest absolute Gasteiger partial charge is 0.339 e. The first-order valence-corrected chi connectivity index (χ1v) is 9.23. The van der Waals surface area contributed by atoms with Crippen molar-refractivity contribution in [1.29, 1.82) is 0 Å². The van der Waals surface area contributed by atoms with Crippen LogP contribution in [0.1, 0.15) is 42.7 Å². The van der Waals surface area contributed by atoms with Crippen LogP contribution in [-0.4, -0.2) is 36.3 Å². The minimum Gasteiger partial charge on any atom is -0.339 e. The van der Waals surface area contributed by atoms with Crippen LogP contribution in [-0.2, 0) is 4.79 Å². The fraction of sp³-hybridized carbons (Fsp3) is 0.333. The van der Waals surface area contributed by atoms with Crippen molar-refractivity contribution in [1.82, 2.24) is 10.2 Å². The second kappa shape index (κ2) is 9.94. The lowest BCUT2D eigenvalue weighted by Gasteiger charge is -2.18. The van der Waals surface area contributed by atoms with Gasteiger partial charge in [-0.2, -0.15) is 0 Å². The molecule has 0 aromatic heterocycles. The molecule has 2 amide bonds. The smallest absolute Gasteiger partial charge is 0.253 e. The molecule has 2 aromatic carbocycles. The Labute approximate surface area is 163 Å². The molecular weight excluding hydrogens is 364 g/mol. The van der Waals surface area contributed by atoms with E-state index in [2.05, 4.69) is 10.6 Å². The number of rotatable bonds is 8. The second-order valence-corrected chi connectivity index (χ2v) is 6.38. The number of carbonyl (C=O) groups is 2. The molecule has 0 spiro atoms. The number of benzene rings is 2. The van der Waals surface area contributed by atoms with E-state index in [9.17, 15) is 18.4 Å². The molecule has 0 saturated carbocycles. The van der Waals surface area contributed by atoms with Crippen molar-refractivity contribution in [3.05, 3.63) is 65.2 Å². The van der Waals surface area contributed by atoms with Crippen LogP contribution in [0.2, 0.25) is 0 Å². The molecule has 5 nitrogen and oxygen atoms in total. The highest BCUT2D eigenvalue weighted by molar-refractivity contribution is 5.96. The average molecular weight is 389 g/mol. The van der Waals surface area contributed by atoms with Crippen LogP contribution < -0.4 is 10.6 Å². The number of halogens is 2. The maximum Gasteiger partial charge on any atom is 0.253 e. The van der Waals surface area contributed by atoms with E-state index in [1.165, 1.54) is 6.07 Å². The van der Waals surface area contributed by atoms with Gasteiger partial charge in [-0.1, -0.05) is 6.07 Å². The molecule has 7 heteroatoms. The lowest BCUT2D eigenvalue weighted by Crippen LogP contribution is -2.31. The molecule has 0 heterocycles. The van der Waals surface area contributed by atoms with Crippen LogP contribution in [0, 0.1) is 11.6 Å². The number of nitrogens with zero attached hydrogens (tertiary/aromatic N) is 1. The summed E-state index contributed by atoms with van der Waals surface area (Å²) in [6.07, 6.45) is 0. The standard InChI is InChI=1S/C21H25F2N3O2/c1-4-26(5-2)21(28)15-6-9-17(10-7-15)25-20(27)13-24-14(3)16-8-11-18(22)19(23)12-16/h6-12,14,24H,4-5,13H2,1-3H3,(H,25,27)/t14-/m1/s1. The molecule has 0 aliphatic rings. The van der Waals surface area contributed by atoms with Crippen molar-refractivity contribution < 1.29 is 18.4 Å². The highest BCUT2D eigenvalue weighted by atomic mass is 19.2. The van der Waals surface area contributed by atoms with Gasteiger partial charge in [0, 0.05) is 30.4 Å². The van der Waals surface area contributed by atoms with E-state index < -0.39 is 11.6 Å². The third-order valence-electron chi connectivity index (χ3n) is 4.48. The number of amides is 2. The minimum atomic E-state index is -0.921. The Morgan fingerprint density at radius 1 is 1.00 bits per heavy atom. The Morgan fingerprint density at radius 3 is 2.21 bits per heavy atom. The van der Waals surface area contributed by atoms with Crippen molar-refractivity contribution in [3.8, 4) is 0 Å². The molecule has 0 unspecified atom stereocenters. The normalized spacial score (nSPS) is 11.8. The monoisotopic (exact) mass is 389 g/mol. The summed E-state index contributed by atoms with van der Waals surface area (Å²) >= 11 is 0. The first-order valence-electron chi connectivity index (χ1n) is 9.23. The van der Waals surface area contributed by atoms with Crippen LogP contribution in [0.4, 0.5) is 14.5 Å². The molecule has 0 aliphatic heterocycles. The summed E-state index contributed by atoms with van der Waals surface area (Å²) in [6, 6.07) is 10.0. The maximum atomic E-state index is 13.3. The van der Waals surface area contributed by atoms with Gasteiger partial charge in [-0.15, -0.1) is 0 Å². The molecular formula is C21H25F2N3O2. The molecule has 2 aromatic rings. The third-order valence-corrected chi connectivity index (χ3v) is 4.48. The van der Waals surface area contributed by atoms with Crippen LogP contribution in [0.25, 0.3) is 0 Å². The molecule has 0 aliphatic carbocycles. The van der Waals surface area contributed by atoms with Gasteiger partial charge in [0.1, 0.15) is 0 Å². The van der Waals surface area contributed by atoms with Gasteiger partial charge in [-0.3, -0.25) is 9.59 Å². The van der Waals surface area contributed by atoms with Gasteiger partial charge in [0.25, 0.3) is 5.91 Å². The van der Waals surface area contributed by atoms with Gasteiger partial charge in [0.2, 0.25) is 5.91 Å². The summed E-state index contributed by atoms with van der Waals surface area (Å²) in [5.41, 5.74) is 1.68. The highest BCUT2D eigenvalue weighted by Crippen LogP contribution is 2.16. The molecule has 2 N–H and O–H groups in total. The molecule has 28 heavy (non-hydrogen) atoms. The van der Waals surface area contributed by atoms with E-state index in [1.807, 2.05) is 13.8 Å². The zero-order chi connectivity index (χ0) is 20.7. The summed E-state index contributed by atoms with van der Waals surface area (Å²) in [5.74, 6) is -2.16.